The number of sulfonamides is 1. The van der Waals surface area contributed by atoms with Crippen molar-refractivity contribution in [1.29, 1.82) is 0 Å². The third kappa shape index (κ3) is 6.84. The fourth-order valence-corrected chi connectivity index (χ4v) is 6.08. The maximum Gasteiger partial charge on any atom is 0.243 e. The van der Waals surface area contributed by atoms with E-state index in [4.69, 9.17) is 0 Å². The number of hydrogen-bond donors (Lipinski definition) is 3. The van der Waals surface area contributed by atoms with Gasteiger partial charge in [0.1, 0.15) is 11.6 Å². The maximum absolute atomic E-state index is 13.8. The molecule has 2 aromatic heterocycles. The van der Waals surface area contributed by atoms with Crippen LogP contribution in [0.15, 0.2) is 77.8 Å². The SMILES string of the molecule is Cc1c(Nc2ccc(F)cc2)ccnc1Nc1ccc(S(=O)(=O)N2CCC(NCc3ccc(F)nc3F)CC2)cc1. The second kappa shape index (κ2) is 12.2. The van der Waals surface area contributed by atoms with E-state index in [1.165, 1.54) is 22.5 Å². The van der Waals surface area contributed by atoms with Gasteiger partial charge in [-0.25, -0.2) is 17.8 Å². The molecule has 0 spiro atoms. The van der Waals surface area contributed by atoms with Gasteiger partial charge in [0.05, 0.1) is 4.90 Å². The molecule has 1 saturated heterocycles. The molecular weight excluding hydrogens is 553 g/mol. The van der Waals surface area contributed by atoms with Crippen LogP contribution in [0.2, 0.25) is 0 Å². The van der Waals surface area contributed by atoms with Crippen LogP contribution in [0, 0.1) is 24.6 Å². The molecule has 5 rings (SSSR count). The molecule has 0 saturated carbocycles. The largest absolute Gasteiger partial charge is 0.355 e. The van der Waals surface area contributed by atoms with Gasteiger partial charge in [-0.05, 0) is 86.5 Å². The summed E-state index contributed by atoms with van der Waals surface area (Å²) in [7, 11) is -3.69. The highest BCUT2D eigenvalue weighted by Gasteiger charge is 2.29. The van der Waals surface area contributed by atoms with E-state index < -0.39 is 21.9 Å². The highest BCUT2D eigenvalue weighted by atomic mass is 32.2. The Kier molecular flexibility index (Phi) is 8.52. The number of aromatic nitrogens is 2. The van der Waals surface area contributed by atoms with Crippen LogP contribution < -0.4 is 16.0 Å². The zero-order valence-electron chi connectivity index (χ0n) is 22.2. The predicted molar refractivity (Wildman–Crippen MR) is 151 cm³/mol. The zero-order chi connectivity index (χ0) is 29.0. The fraction of sp³-hybridized carbons (Fsp3) is 0.241. The Morgan fingerprint density at radius 2 is 1.54 bits per heavy atom. The first kappa shape index (κ1) is 28.5. The van der Waals surface area contributed by atoms with Crippen LogP contribution in [0.4, 0.5) is 36.1 Å². The van der Waals surface area contributed by atoms with Gasteiger partial charge < -0.3 is 16.0 Å². The van der Waals surface area contributed by atoms with Crippen LogP contribution in [0.1, 0.15) is 24.0 Å². The molecule has 0 aliphatic carbocycles. The summed E-state index contributed by atoms with van der Waals surface area (Å²) in [5.41, 5.74) is 3.30. The molecule has 0 bridgehead atoms. The molecule has 0 atom stereocenters. The summed E-state index contributed by atoms with van der Waals surface area (Å²) in [4.78, 5) is 7.77. The topological polar surface area (TPSA) is 99.2 Å². The summed E-state index contributed by atoms with van der Waals surface area (Å²) in [6, 6.07) is 16.8. The third-order valence-corrected chi connectivity index (χ3v) is 8.92. The summed E-state index contributed by atoms with van der Waals surface area (Å²) in [5, 5.41) is 9.68. The number of piperidine rings is 1. The fourth-order valence-electron chi connectivity index (χ4n) is 4.61. The molecule has 3 N–H and O–H groups in total. The average Bonchev–Trinajstić information content (AvgIpc) is 2.96. The Bertz CT molecular complexity index is 1610. The Hall–Kier alpha value is -4.00. The van der Waals surface area contributed by atoms with E-state index in [0.29, 0.717) is 37.4 Å². The van der Waals surface area contributed by atoms with Crippen molar-refractivity contribution in [3.8, 4) is 0 Å². The van der Waals surface area contributed by atoms with E-state index in [1.807, 2.05) is 13.0 Å². The average molecular weight is 583 g/mol. The lowest BCUT2D eigenvalue weighted by Gasteiger charge is -2.31. The molecule has 8 nitrogen and oxygen atoms in total. The van der Waals surface area contributed by atoms with Gasteiger partial charge >= 0.3 is 0 Å². The maximum atomic E-state index is 13.8. The quantitative estimate of drug-likeness (QED) is 0.220. The molecular formula is C29H29F3N6O2S. The highest BCUT2D eigenvalue weighted by molar-refractivity contribution is 7.89. The minimum absolute atomic E-state index is 0.00142. The van der Waals surface area contributed by atoms with Crippen LogP contribution in [-0.2, 0) is 16.6 Å². The lowest BCUT2D eigenvalue weighted by Crippen LogP contribution is -2.44. The molecule has 0 radical (unpaired) electrons. The first-order valence-corrected chi connectivity index (χ1v) is 14.5. The van der Waals surface area contributed by atoms with E-state index in [-0.39, 0.29) is 28.9 Å². The Balaban J connectivity index is 1.18. The van der Waals surface area contributed by atoms with Crippen molar-refractivity contribution in [3.05, 3.63) is 102 Å². The van der Waals surface area contributed by atoms with Gasteiger partial charge in [0.2, 0.25) is 21.9 Å². The molecule has 41 heavy (non-hydrogen) atoms. The normalized spacial score (nSPS) is 14.6. The van der Waals surface area contributed by atoms with E-state index in [1.54, 1.807) is 42.6 Å². The molecule has 12 heteroatoms. The summed E-state index contributed by atoms with van der Waals surface area (Å²) < 4.78 is 68.0. The van der Waals surface area contributed by atoms with Crippen LogP contribution in [0.25, 0.3) is 0 Å². The number of hydrogen-bond acceptors (Lipinski definition) is 7. The van der Waals surface area contributed by atoms with Gasteiger partial charge in [-0.1, -0.05) is 0 Å². The zero-order valence-corrected chi connectivity index (χ0v) is 23.1. The molecule has 0 unspecified atom stereocenters. The molecule has 2 aromatic carbocycles. The number of rotatable bonds is 9. The number of nitrogens with one attached hydrogen (secondary N) is 3. The number of benzene rings is 2. The van der Waals surface area contributed by atoms with E-state index >= 15 is 0 Å². The van der Waals surface area contributed by atoms with Gasteiger partial charge in [0, 0.05) is 60.1 Å². The molecule has 1 fully saturated rings. The predicted octanol–water partition coefficient (Wildman–Crippen LogP) is 5.63. The van der Waals surface area contributed by atoms with E-state index in [0.717, 1.165) is 23.0 Å². The van der Waals surface area contributed by atoms with Crippen LogP contribution in [-0.4, -0.2) is 41.8 Å². The summed E-state index contributed by atoms with van der Waals surface area (Å²) >= 11 is 0. The van der Waals surface area contributed by atoms with Crippen molar-refractivity contribution >= 4 is 32.9 Å². The van der Waals surface area contributed by atoms with E-state index in [9.17, 15) is 21.6 Å². The minimum atomic E-state index is -3.69. The minimum Gasteiger partial charge on any atom is -0.355 e. The molecule has 3 heterocycles. The molecule has 214 valence electrons. The summed E-state index contributed by atoms with van der Waals surface area (Å²) in [6.07, 6.45) is 2.76. The van der Waals surface area contributed by atoms with Crippen molar-refractivity contribution < 1.29 is 21.6 Å². The van der Waals surface area contributed by atoms with Crippen molar-refractivity contribution in [2.24, 2.45) is 0 Å². The van der Waals surface area contributed by atoms with Gasteiger partial charge in [-0.3, -0.25) is 0 Å². The first-order valence-electron chi connectivity index (χ1n) is 13.1. The van der Waals surface area contributed by atoms with Crippen LogP contribution >= 0.6 is 0 Å². The van der Waals surface area contributed by atoms with Crippen molar-refractivity contribution in [2.75, 3.05) is 23.7 Å². The standard InChI is InChI=1S/C29H29F3N6O2S/c1-19-26(35-23-5-3-21(30)4-6-23)12-15-33-29(19)36-24-7-9-25(10-8-24)41(39,40)38-16-13-22(14-17-38)34-18-20-2-11-27(31)37-28(20)32/h2-12,15,22,34H,13-14,16-18H2,1H3,(H2,33,35,36). The summed E-state index contributed by atoms with van der Waals surface area (Å²) in [6.45, 7) is 2.72. The number of halogens is 3. The lowest BCUT2D eigenvalue weighted by atomic mass is 10.1. The second-order valence-electron chi connectivity index (χ2n) is 9.76. The molecule has 1 aliphatic rings. The van der Waals surface area contributed by atoms with Crippen molar-refractivity contribution in [2.45, 2.75) is 37.2 Å². The Morgan fingerprint density at radius 3 is 2.22 bits per heavy atom. The molecule has 0 amide bonds. The van der Waals surface area contributed by atoms with Crippen LogP contribution in [0.3, 0.4) is 0 Å². The second-order valence-corrected chi connectivity index (χ2v) is 11.7. The number of anilines is 4. The third-order valence-electron chi connectivity index (χ3n) is 7.01. The van der Waals surface area contributed by atoms with Gasteiger partial charge in [0.15, 0.2) is 0 Å². The van der Waals surface area contributed by atoms with Gasteiger partial charge in [0.25, 0.3) is 0 Å². The Morgan fingerprint density at radius 1 is 0.878 bits per heavy atom. The van der Waals surface area contributed by atoms with Gasteiger partial charge in [-0.15, -0.1) is 0 Å². The highest BCUT2D eigenvalue weighted by Crippen LogP contribution is 2.28. The molecule has 4 aromatic rings. The monoisotopic (exact) mass is 582 g/mol. The van der Waals surface area contributed by atoms with Crippen molar-refractivity contribution in [3.63, 3.8) is 0 Å². The Labute approximate surface area is 236 Å². The van der Waals surface area contributed by atoms with Gasteiger partial charge in [-0.2, -0.15) is 18.1 Å². The lowest BCUT2D eigenvalue weighted by molar-refractivity contribution is 0.287. The smallest absolute Gasteiger partial charge is 0.243 e. The van der Waals surface area contributed by atoms with E-state index in [2.05, 4.69) is 25.9 Å². The first-order chi connectivity index (χ1) is 19.7. The summed E-state index contributed by atoms with van der Waals surface area (Å²) in [5.74, 6) is -1.44. The van der Waals surface area contributed by atoms with Crippen LogP contribution in [0.5, 0.6) is 0 Å². The molecule has 1 aliphatic heterocycles. The number of nitrogens with zero attached hydrogens (tertiary/aromatic N) is 3. The van der Waals surface area contributed by atoms with Crippen molar-refractivity contribution in [1.82, 2.24) is 19.6 Å². The number of pyridine rings is 2.